The Hall–Kier alpha value is -1.60. The van der Waals surface area contributed by atoms with Gasteiger partial charge < -0.3 is 4.90 Å². The Balaban J connectivity index is 1.56. The lowest BCUT2D eigenvalue weighted by atomic mass is 9.93. The fourth-order valence-corrected chi connectivity index (χ4v) is 4.15. The monoisotopic (exact) mass is 277 g/mol. The second kappa shape index (κ2) is 4.99. The fourth-order valence-electron chi connectivity index (χ4n) is 4.15. The summed E-state index contributed by atoms with van der Waals surface area (Å²) in [6, 6.07) is 20.0. The first kappa shape index (κ1) is 13.1. The maximum absolute atomic E-state index is 2.65. The van der Waals surface area contributed by atoms with E-state index in [1.807, 2.05) is 0 Å². The molecular formula is C20H23N. The van der Waals surface area contributed by atoms with E-state index >= 15 is 0 Å². The Kier molecular flexibility index (Phi) is 3.11. The van der Waals surface area contributed by atoms with Crippen molar-refractivity contribution >= 4 is 0 Å². The second-order valence-corrected chi connectivity index (χ2v) is 6.74. The highest BCUT2D eigenvalue weighted by molar-refractivity contribution is 5.64. The summed E-state index contributed by atoms with van der Waals surface area (Å²) in [5.74, 6) is 0.909. The van der Waals surface area contributed by atoms with Gasteiger partial charge in [0.25, 0.3) is 0 Å². The van der Waals surface area contributed by atoms with Crippen molar-refractivity contribution in [3.05, 3.63) is 60.2 Å². The van der Waals surface area contributed by atoms with Crippen LogP contribution in [0.5, 0.6) is 0 Å². The third kappa shape index (κ3) is 2.20. The van der Waals surface area contributed by atoms with E-state index in [1.165, 1.54) is 43.6 Å². The predicted molar refractivity (Wildman–Crippen MR) is 88.4 cm³/mol. The normalized spacial score (nSPS) is 27.6. The van der Waals surface area contributed by atoms with Gasteiger partial charge in [-0.15, -0.1) is 0 Å². The first-order chi connectivity index (χ1) is 10.3. The largest absolute Gasteiger partial charge is 0.302 e. The van der Waals surface area contributed by atoms with Crippen LogP contribution in [-0.4, -0.2) is 24.5 Å². The molecule has 2 unspecified atom stereocenters. The summed E-state index contributed by atoms with van der Waals surface area (Å²) in [7, 11) is 0. The quantitative estimate of drug-likeness (QED) is 0.803. The third-order valence-corrected chi connectivity index (χ3v) is 5.32. The number of nitrogens with zero attached hydrogens (tertiary/aromatic N) is 1. The van der Waals surface area contributed by atoms with Crippen LogP contribution in [0.25, 0.3) is 11.1 Å². The molecule has 0 spiro atoms. The van der Waals surface area contributed by atoms with Crippen molar-refractivity contribution in [3.63, 3.8) is 0 Å². The zero-order chi connectivity index (χ0) is 14.3. The van der Waals surface area contributed by atoms with Crippen molar-refractivity contribution in [3.8, 4) is 11.1 Å². The summed E-state index contributed by atoms with van der Waals surface area (Å²) in [5, 5.41) is 0. The van der Waals surface area contributed by atoms with Gasteiger partial charge in [0.1, 0.15) is 0 Å². The summed E-state index contributed by atoms with van der Waals surface area (Å²) in [4.78, 5) is 2.65. The Morgan fingerprint density at radius 1 is 1.00 bits per heavy atom. The lowest BCUT2D eigenvalue weighted by molar-refractivity contribution is 0.299. The zero-order valence-corrected chi connectivity index (χ0v) is 12.8. The Morgan fingerprint density at radius 2 is 1.71 bits per heavy atom. The van der Waals surface area contributed by atoms with Gasteiger partial charge in [-0.05, 0) is 42.0 Å². The predicted octanol–water partition coefficient (Wildman–Crippen LogP) is 4.34. The SMILES string of the molecule is CCCN1CC2CC2(c2ccc(-c3ccccc3)cc2)C1. The van der Waals surface area contributed by atoms with Crippen LogP contribution in [0.1, 0.15) is 25.3 Å². The molecule has 1 nitrogen and oxygen atoms in total. The average molecular weight is 277 g/mol. The number of piperidine rings is 1. The van der Waals surface area contributed by atoms with Crippen LogP contribution >= 0.6 is 0 Å². The number of hydrogen-bond acceptors (Lipinski definition) is 1. The van der Waals surface area contributed by atoms with E-state index in [0.29, 0.717) is 5.41 Å². The molecule has 1 saturated heterocycles. The smallest absolute Gasteiger partial charge is 0.0124 e. The number of benzene rings is 2. The first-order valence-electron chi connectivity index (χ1n) is 8.20. The molecule has 2 aliphatic rings. The van der Waals surface area contributed by atoms with Crippen molar-refractivity contribution < 1.29 is 0 Å². The highest BCUT2D eigenvalue weighted by atomic mass is 15.2. The summed E-state index contributed by atoms with van der Waals surface area (Å²) in [5.41, 5.74) is 4.69. The topological polar surface area (TPSA) is 3.24 Å². The maximum Gasteiger partial charge on any atom is 0.0124 e. The number of likely N-dealkylation sites (tertiary alicyclic amines) is 1. The summed E-state index contributed by atoms with van der Waals surface area (Å²) in [6.45, 7) is 6.14. The van der Waals surface area contributed by atoms with Crippen LogP contribution in [0, 0.1) is 5.92 Å². The van der Waals surface area contributed by atoms with Gasteiger partial charge in [-0.2, -0.15) is 0 Å². The highest BCUT2D eigenvalue weighted by Gasteiger charge is 2.60. The van der Waals surface area contributed by atoms with Gasteiger partial charge in [-0.3, -0.25) is 0 Å². The molecule has 1 heterocycles. The summed E-state index contributed by atoms with van der Waals surface area (Å²) < 4.78 is 0. The molecule has 4 rings (SSSR count). The minimum Gasteiger partial charge on any atom is -0.302 e. The van der Waals surface area contributed by atoms with E-state index < -0.39 is 0 Å². The molecule has 1 aliphatic carbocycles. The molecule has 0 amide bonds. The molecule has 2 atom stereocenters. The van der Waals surface area contributed by atoms with Crippen molar-refractivity contribution in [2.24, 2.45) is 5.92 Å². The van der Waals surface area contributed by atoms with Crippen molar-refractivity contribution in [2.75, 3.05) is 19.6 Å². The second-order valence-electron chi connectivity index (χ2n) is 6.74. The van der Waals surface area contributed by atoms with E-state index in [9.17, 15) is 0 Å². The van der Waals surface area contributed by atoms with Gasteiger partial charge in [0.15, 0.2) is 0 Å². The maximum atomic E-state index is 2.65. The molecule has 1 heteroatoms. The summed E-state index contributed by atoms with van der Waals surface area (Å²) >= 11 is 0. The van der Waals surface area contributed by atoms with Crippen LogP contribution in [0.2, 0.25) is 0 Å². The number of rotatable bonds is 4. The van der Waals surface area contributed by atoms with Crippen LogP contribution in [0.15, 0.2) is 54.6 Å². The summed E-state index contributed by atoms with van der Waals surface area (Å²) in [6.07, 6.45) is 2.67. The molecule has 2 aromatic carbocycles. The molecule has 2 fully saturated rings. The van der Waals surface area contributed by atoms with Gasteiger partial charge in [0.05, 0.1) is 0 Å². The molecule has 0 radical (unpaired) electrons. The highest BCUT2D eigenvalue weighted by Crippen LogP contribution is 2.59. The van der Waals surface area contributed by atoms with E-state index in [4.69, 9.17) is 0 Å². The molecule has 0 aromatic heterocycles. The molecule has 21 heavy (non-hydrogen) atoms. The van der Waals surface area contributed by atoms with E-state index in [0.717, 1.165) is 5.92 Å². The lowest BCUT2D eigenvalue weighted by Gasteiger charge is -2.20. The van der Waals surface area contributed by atoms with Crippen molar-refractivity contribution in [2.45, 2.75) is 25.2 Å². The van der Waals surface area contributed by atoms with E-state index in [2.05, 4.69) is 66.4 Å². The number of hydrogen-bond donors (Lipinski definition) is 0. The van der Waals surface area contributed by atoms with Crippen LogP contribution in [0.4, 0.5) is 0 Å². The standard InChI is InChI=1S/C20H23N/c1-2-12-21-14-19-13-20(19,15-21)18-10-8-17(9-11-18)16-6-4-3-5-7-16/h3-11,19H,2,12-15H2,1H3. The van der Waals surface area contributed by atoms with Gasteiger partial charge >= 0.3 is 0 Å². The molecule has 1 aliphatic heterocycles. The van der Waals surface area contributed by atoms with Crippen molar-refractivity contribution in [1.29, 1.82) is 0 Å². The average Bonchev–Trinajstić information content (AvgIpc) is 3.11. The third-order valence-electron chi connectivity index (χ3n) is 5.32. The molecule has 108 valence electrons. The van der Waals surface area contributed by atoms with Crippen LogP contribution in [0.3, 0.4) is 0 Å². The zero-order valence-electron chi connectivity index (χ0n) is 12.8. The van der Waals surface area contributed by atoms with Crippen molar-refractivity contribution in [1.82, 2.24) is 4.90 Å². The molecule has 0 bridgehead atoms. The minimum atomic E-state index is 0.490. The van der Waals surface area contributed by atoms with Crippen LogP contribution < -0.4 is 0 Å². The van der Waals surface area contributed by atoms with Gasteiger partial charge in [0.2, 0.25) is 0 Å². The van der Waals surface area contributed by atoms with Gasteiger partial charge in [-0.1, -0.05) is 61.5 Å². The minimum absolute atomic E-state index is 0.490. The van der Waals surface area contributed by atoms with Gasteiger partial charge in [-0.25, -0.2) is 0 Å². The molecular weight excluding hydrogens is 254 g/mol. The lowest BCUT2D eigenvalue weighted by Crippen LogP contribution is -2.27. The molecule has 0 N–H and O–H groups in total. The van der Waals surface area contributed by atoms with E-state index in [1.54, 1.807) is 5.56 Å². The Morgan fingerprint density at radius 3 is 2.43 bits per heavy atom. The fraction of sp³-hybridized carbons (Fsp3) is 0.400. The molecule has 1 saturated carbocycles. The van der Waals surface area contributed by atoms with E-state index in [-0.39, 0.29) is 0 Å². The first-order valence-corrected chi connectivity index (χ1v) is 8.20. The number of fused-ring (bicyclic) bond motifs is 1. The Bertz CT molecular complexity index is 616. The molecule has 2 aromatic rings. The Labute approximate surface area is 127 Å². The van der Waals surface area contributed by atoms with Crippen LogP contribution in [-0.2, 0) is 5.41 Å². The van der Waals surface area contributed by atoms with Gasteiger partial charge in [0, 0.05) is 18.5 Å².